The molecule has 0 bridgehead atoms. The molecule has 0 aliphatic carbocycles. The summed E-state index contributed by atoms with van der Waals surface area (Å²) >= 11 is 0. The molecular formula is C11H13OSi. The van der Waals surface area contributed by atoms with Crippen LogP contribution in [0.25, 0.3) is 0 Å². The number of rotatable bonds is 5. The molecule has 0 saturated heterocycles. The zero-order chi connectivity index (χ0) is 9.52. The number of hydrogen-bond acceptors (Lipinski definition) is 1. The van der Waals surface area contributed by atoms with Crippen molar-refractivity contribution in [3.8, 4) is 0 Å². The van der Waals surface area contributed by atoms with E-state index in [1.165, 1.54) is 11.1 Å². The summed E-state index contributed by atoms with van der Waals surface area (Å²) in [7, 11) is 3.01. The van der Waals surface area contributed by atoms with E-state index in [0.29, 0.717) is 6.61 Å². The predicted molar refractivity (Wildman–Crippen MR) is 55.5 cm³/mol. The minimum atomic E-state index is 0.615. The van der Waals surface area contributed by atoms with Crippen LogP contribution < -0.4 is 0 Å². The molecule has 0 spiro atoms. The van der Waals surface area contributed by atoms with Crippen molar-refractivity contribution in [3.05, 3.63) is 48.0 Å². The normalized spacial score (nSPS) is 9.92. The quantitative estimate of drug-likeness (QED) is 0.510. The Morgan fingerprint density at radius 2 is 2.00 bits per heavy atom. The molecule has 0 saturated carbocycles. The zero-order valence-electron chi connectivity index (χ0n) is 7.62. The Hall–Kier alpha value is -0.863. The highest BCUT2D eigenvalue weighted by Crippen LogP contribution is 2.11. The number of allylic oxidation sites excluding steroid dienone is 1. The monoisotopic (exact) mass is 189 g/mol. The van der Waals surface area contributed by atoms with Gasteiger partial charge in [0.25, 0.3) is 0 Å². The lowest BCUT2D eigenvalue weighted by Gasteiger charge is -2.06. The molecule has 3 radical (unpaired) electrons. The Labute approximate surface area is 83.0 Å². The Morgan fingerprint density at radius 1 is 1.31 bits per heavy atom. The van der Waals surface area contributed by atoms with E-state index in [1.807, 2.05) is 12.1 Å². The second kappa shape index (κ2) is 5.73. The summed E-state index contributed by atoms with van der Waals surface area (Å²) in [5.41, 5.74) is 2.57. The molecule has 0 N–H and O–H groups in total. The summed E-state index contributed by atoms with van der Waals surface area (Å²) in [4.78, 5) is 0. The van der Waals surface area contributed by atoms with Crippen molar-refractivity contribution in [2.75, 3.05) is 0 Å². The third-order valence-electron chi connectivity index (χ3n) is 1.96. The van der Waals surface area contributed by atoms with Crippen LogP contribution >= 0.6 is 0 Å². The number of benzene rings is 1. The molecule has 13 heavy (non-hydrogen) atoms. The van der Waals surface area contributed by atoms with E-state index in [2.05, 4.69) is 35.3 Å². The fraction of sp³-hybridized carbons (Fsp3) is 0.273. The molecule has 67 valence electrons. The zero-order valence-corrected chi connectivity index (χ0v) is 8.62. The van der Waals surface area contributed by atoms with Crippen molar-refractivity contribution < 1.29 is 4.43 Å². The molecule has 0 heterocycles. The average Bonchev–Trinajstić information content (AvgIpc) is 2.17. The molecule has 0 atom stereocenters. The summed E-state index contributed by atoms with van der Waals surface area (Å²) in [6.07, 6.45) is 3.99. The van der Waals surface area contributed by atoms with Gasteiger partial charge >= 0.3 is 0 Å². The van der Waals surface area contributed by atoms with Crippen molar-refractivity contribution in [2.24, 2.45) is 0 Å². The minimum absolute atomic E-state index is 0.615. The van der Waals surface area contributed by atoms with E-state index in [4.69, 9.17) is 4.43 Å². The highest BCUT2D eigenvalue weighted by atomic mass is 28.2. The van der Waals surface area contributed by atoms with Gasteiger partial charge in [0.15, 0.2) is 0 Å². The van der Waals surface area contributed by atoms with E-state index in [9.17, 15) is 0 Å². The third kappa shape index (κ3) is 3.17. The van der Waals surface area contributed by atoms with Crippen LogP contribution in [0.3, 0.4) is 0 Å². The van der Waals surface area contributed by atoms with Crippen LogP contribution in [0.4, 0.5) is 0 Å². The first-order valence-electron chi connectivity index (χ1n) is 4.34. The van der Waals surface area contributed by atoms with E-state index in [1.54, 1.807) is 0 Å². The van der Waals surface area contributed by atoms with Crippen molar-refractivity contribution in [1.82, 2.24) is 0 Å². The van der Waals surface area contributed by atoms with Crippen molar-refractivity contribution >= 4 is 10.5 Å². The molecule has 1 rings (SSSR count). The molecule has 0 aromatic heterocycles. The lowest BCUT2D eigenvalue weighted by atomic mass is 10.0. The first-order chi connectivity index (χ1) is 6.38. The maximum absolute atomic E-state index is 4.93. The van der Waals surface area contributed by atoms with Gasteiger partial charge in [0.2, 0.25) is 10.5 Å². The van der Waals surface area contributed by atoms with Gasteiger partial charge in [0.05, 0.1) is 6.61 Å². The van der Waals surface area contributed by atoms with Crippen molar-refractivity contribution in [3.63, 3.8) is 0 Å². The third-order valence-corrected chi connectivity index (χ3v) is 2.11. The van der Waals surface area contributed by atoms with Gasteiger partial charge in [-0.05, 0) is 24.0 Å². The maximum Gasteiger partial charge on any atom is 0.246 e. The minimum Gasteiger partial charge on any atom is -0.414 e. The molecule has 1 nitrogen and oxygen atoms in total. The lowest BCUT2D eigenvalue weighted by Crippen LogP contribution is -1.95. The largest absolute Gasteiger partial charge is 0.414 e. The maximum atomic E-state index is 4.93. The second-order valence-electron chi connectivity index (χ2n) is 2.88. The SMILES string of the molecule is C=CCCc1ccccc1CO[Si]. The molecule has 2 heteroatoms. The molecular weight excluding hydrogens is 176 g/mol. The summed E-state index contributed by atoms with van der Waals surface area (Å²) in [6, 6.07) is 8.29. The lowest BCUT2D eigenvalue weighted by molar-refractivity contribution is 0.337. The highest BCUT2D eigenvalue weighted by Gasteiger charge is 1.98. The fourth-order valence-electron chi connectivity index (χ4n) is 1.28. The van der Waals surface area contributed by atoms with Crippen LogP contribution in [-0.4, -0.2) is 10.5 Å². The van der Waals surface area contributed by atoms with Crippen molar-refractivity contribution in [1.29, 1.82) is 0 Å². The summed E-state index contributed by atoms with van der Waals surface area (Å²) in [5.74, 6) is 0. The van der Waals surface area contributed by atoms with E-state index in [0.717, 1.165) is 12.8 Å². The Morgan fingerprint density at radius 3 is 2.62 bits per heavy atom. The Bertz CT molecular complexity index is 271. The highest BCUT2D eigenvalue weighted by molar-refractivity contribution is 5.97. The number of hydrogen-bond donors (Lipinski definition) is 0. The van der Waals surface area contributed by atoms with Crippen molar-refractivity contribution in [2.45, 2.75) is 19.4 Å². The van der Waals surface area contributed by atoms with Gasteiger partial charge in [-0.2, -0.15) is 0 Å². The fourth-order valence-corrected chi connectivity index (χ4v) is 1.43. The van der Waals surface area contributed by atoms with Crippen LogP contribution in [0.1, 0.15) is 17.5 Å². The smallest absolute Gasteiger partial charge is 0.246 e. The predicted octanol–water partition coefficient (Wildman–Crippen LogP) is 2.41. The summed E-state index contributed by atoms with van der Waals surface area (Å²) in [5, 5.41) is 0. The van der Waals surface area contributed by atoms with Gasteiger partial charge in [-0.3, -0.25) is 0 Å². The molecule has 1 aromatic carbocycles. The molecule has 1 aromatic rings. The molecule has 0 fully saturated rings. The Balaban J connectivity index is 2.71. The number of aryl methyl sites for hydroxylation is 1. The van der Waals surface area contributed by atoms with Gasteiger partial charge < -0.3 is 4.43 Å². The van der Waals surface area contributed by atoms with Crippen LogP contribution in [0.2, 0.25) is 0 Å². The van der Waals surface area contributed by atoms with E-state index < -0.39 is 0 Å². The first kappa shape index (κ1) is 10.2. The summed E-state index contributed by atoms with van der Waals surface area (Å²) in [6.45, 7) is 4.33. The van der Waals surface area contributed by atoms with Crippen LogP contribution in [0, 0.1) is 0 Å². The standard InChI is InChI=1S/C11H13OSi/c1-2-3-6-10-7-4-5-8-11(10)9-12-13/h2,4-5,7-8H,1,3,6,9H2. The van der Waals surface area contributed by atoms with Gasteiger partial charge in [-0.25, -0.2) is 0 Å². The Kier molecular flexibility index (Phi) is 4.50. The molecule has 0 aliphatic rings. The van der Waals surface area contributed by atoms with Crippen LogP contribution in [-0.2, 0) is 17.5 Å². The van der Waals surface area contributed by atoms with Gasteiger partial charge in [0.1, 0.15) is 0 Å². The first-order valence-corrected chi connectivity index (χ1v) is 4.75. The van der Waals surface area contributed by atoms with E-state index in [-0.39, 0.29) is 0 Å². The molecule has 0 amide bonds. The van der Waals surface area contributed by atoms with E-state index >= 15 is 0 Å². The van der Waals surface area contributed by atoms with Gasteiger partial charge in [0, 0.05) is 0 Å². The molecule has 0 unspecified atom stereocenters. The van der Waals surface area contributed by atoms with Gasteiger partial charge in [-0.1, -0.05) is 30.3 Å². The second-order valence-corrected chi connectivity index (χ2v) is 3.17. The summed E-state index contributed by atoms with van der Waals surface area (Å²) < 4.78 is 4.93. The average molecular weight is 189 g/mol. The van der Waals surface area contributed by atoms with Crippen LogP contribution in [0.15, 0.2) is 36.9 Å². The topological polar surface area (TPSA) is 9.23 Å². The van der Waals surface area contributed by atoms with Crippen LogP contribution in [0.5, 0.6) is 0 Å². The van der Waals surface area contributed by atoms with Gasteiger partial charge in [-0.15, -0.1) is 6.58 Å². The molecule has 0 aliphatic heterocycles.